The Labute approximate surface area is 83.6 Å². The highest BCUT2D eigenvalue weighted by atomic mass is 19.1. The summed E-state index contributed by atoms with van der Waals surface area (Å²) in [6.07, 6.45) is 6.32. The summed E-state index contributed by atoms with van der Waals surface area (Å²) in [5.41, 5.74) is 0.318. The lowest BCUT2D eigenvalue weighted by Gasteiger charge is -2.17. The van der Waals surface area contributed by atoms with Gasteiger partial charge < -0.3 is 5.11 Å². The summed E-state index contributed by atoms with van der Waals surface area (Å²) in [6.45, 7) is 0. The summed E-state index contributed by atoms with van der Waals surface area (Å²) in [7, 11) is 0. The maximum absolute atomic E-state index is 13.3. The molecule has 1 nitrogen and oxygen atoms in total. The van der Waals surface area contributed by atoms with E-state index in [1.807, 2.05) is 12.8 Å². The Bertz CT molecular complexity index is 305. The molecule has 0 saturated heterocycles. The molecule has 1 saturated carbocycles. The molecule has 1 aromatic rings. The van der Waals surface area contributed by atoms with Crippen LogP contribution in [0.5, 0.6) is 0 Å². The van der Waals surface area contributed by atoms with E-state index in [1.54, 1.807) is 31.0 Å². The predicted octanol–water partition coefficient (Wildman–Crippen LogP) is 2.26. The average Bonchev–Trinajstić information content (AvgIpc) is 2.70. The molecule has 71 valence electrons. The molecule has 1 N–H and O–H groups in total. The van der Waals surface area contributed by atoms with E-state index in [0.29, 0.717) is 5.56 Å². The fourth-order valence-corrected chi connectivity index (χ4v) is 1.45. The van der Waals surface area contributed by atoms with Gasteiger partial charge in [-0.15, -0.1) is 0 Å². The standard InChI is InChI=1S/C12H10FO/c13-11-8-4-3-7-10(11)12(14)9-5-1-2-6-9/h1-8,12,14H/t12-/m0/s1. The van der Waals surface area contributed by atoms with Crippen molar-refractivity contribution in [2.24, 2.45) is 0 Å². The van der Waals surface area contributed by atoms with Crippen molar-refractivity contribution in [3.05, 3.63) is 67.2 Å². The van der Waals surface area contributed by atoms with Gasteiger partial charge in [-0.2, -0.15) is 0 Å². The molecule has 0 bridgehead atoms. The van der Waals surface area contributed by atoms with E-state index in [4.69, 9.17) is 0 Å². The average molecular weight is 189 g/mol. The molecule has 1 atom stereocenters. The van der Waals surface area contributed by atoms with E-state index < -0.39 is 6.10 Å². The first-order chi connectivity index (χ1) is 6.79. The fraction of sp³-hybridized carbons (Fsp3) is 0.0833. The van der Waals surface area contributed by atoms with Gasteiger partial charge in [0, 0.05) is 11.5 Å². The van der Waals surface area contributed by atoms with Gasteiger partial charge in [0.2, 0.25) is 0 Å². The van der Waals surface area contributed by atoms with E-state index in [2.05, 4.69) is 0 Å². The minimum Gasteiger partial charge on any atom is -0.388 e. The summed E-state index contributed by atoms with van der Waals surface area (Å²) < 4.78 is 13.3. The van der Waals surface area contributed by atoms with Crippen molar-refractivity contribution < 1.29 is 9.50 Å². The molecule has 1 aliphatic carbocycles. The molecule has 2 rings (SSSR count). The molecular weight excluding hydrogens is 179 g/mol. The van der Waals surface area contributed by atoms with Crippen molar-refractivity contribution in [3.8, 4) is 0 Å². The first kappa shape index (κ1) is 9.66. The summed E-state index contributed by atoms with van der Waals surface area (Å²) in [4.78, 5) is 0. The molecule has 0 unspecified atom stereocenters. The molecule has 0 aliphatic heterocycles. The summed E-state index contributed by atoms with van der Waals surface area (Å²) >= 11 is 0. The number of aliphatic hydroxyl groups is 1. The van der Waals surface area contributed by atoms with Crippen LogP contribution in [0.25, 0.3) is 0 Å². The Balaban J connectivity index is 2.17. The molecule has 0 spiro atoms. The van der Waals surface area contributed by atoms with Crippen LogP contribution in [0.4, 0.5) is 4.39 Å². The first-order valence-electron chi connectivity index (χ1n) is 4.43. The van der Waals surface area contributed by atoms with Crippen LogP contribution in [0.2, 0.25) is 0 Å². The topological polar surface area (TPSA) is 20.2 Å². The molecule has 5 radical (unpaired) electrons. The van der Waals surface area contributed by atoms with Crippen molar-refractivity contribution in [1.82, 2.24) is 0 Å². The van der Waals surface area contributed by atoms with Crippen molar-refractivity contribution in [2.45, 2.75) is 6.10 Å². The number of benzene rings is 1. The largest absolute Gasteiger partial charge is 0.388 e. The van der Waals surface area contributed by atoms with Gasteiger partial charge in [-0.25, -0.2) is 4.39 Å². The molecule has 2 heteroatoms. The Morgan fingerprint density at radius 3 is 2.36 bits per heavy atom. The second-order valence-corrected chi connectivity index (χ2v) is 3.14. The third-order valence-electron chi connectivity index (χ3n) is 2.20. The van der Waals surface area contributed by atoms with Gasteiger partial charge in [-0.3, -0.25) is 0 Å². The molecule has 0 heterocycles. The van der Waals surface area contributed by atoms with Crippen LogP contribution in [0.3, 0.4) is 0 Å². The Morgan fingerprint density at radius 2 is 1.71 bits per heavy atom. The van der Waals surface area contributed by atoms with E-state index in [0.717, 1.165) is 5.92 Å². The normalized spacial score (nSPS) is 19.9. The Kier molecular flexibility index (Phi) is 2.82. The third kappa shape index (κ3) is 1.80. The lowest BCUT2D eigenvalue weighted by atomic mass is 9.94. The fourth-order valence-electron chi connectivity index (χ4n) is 1.45. The van der Waals surface area contributed by atoms with Crippen molar-refractivity contribution in [1.29, 1.82) is 0 Å². The molecule has 0 aromatic heterocycles. The van der Waals surface area contributed by atoms with Crippen LogP contribution in [-0.4, -0.2) is 5.11 Å². The first-order valence-corrected chi connectivity index (χ1v) is 4.43. The van der Waals surface area contributed by atoms with Crippen molar-refractivity contribution in [2.75, 3.05) is 0 Å². The zero-order valence-electron chi connectivity index (χ0n) is 7.52. The number of hydrogen-bond acceptors (Lipinski definition) is 1. The van der Waals surface area contributed by atoms with Gasteiger partial charge >= 0.3 is 0 Å². The van der Waals surface area contributed by atoms with Gasteiger partial charge in [0.15, 0.2) is 0 Å². The lowest BCUT2D eigenvalue weighted by molar-refractivity contribution is 0.195. The van der Waals surface area contributed by atoms with Crippen molar-refractivity contribution in [3.63, 3.8) is 0 Å². The molecule has 14 heavy (non-hydrogen) atoms. The summed E-state index contributed by atoms with van der Waals surface area (Å²) in [5.74, 6) is 0.344. The minimum absolute atomic E-state index is 0.318. The highest BCUT2D eigenvalue weighted by molar-refractivity contribution is 5.41. The molecule has 0 amide bonds. The monoisotopic (exact) mass is 189 g/mol. The lowest BCUT2D eigenvalue weighted by Crippen LogP contribution is -2.09. The molecule has 1 aliphatic rings. The van der Waals surface area contributed by atoms with Crippen LogP contribution >= 0.6 is 0 Å². The van der Waals surface area contributed by atoms with E-state index in [-0.39, 0.29) is 5.82 Å². The SMILES string of the molecule is O[C@@H]([C]1[CH][CH][CH][CH]1)c1ccccc1F. The van der Waals surface area contributed by atoms with Crippen molar-refractivity contribution >= 4 is 0 Å². The van der Waals surface area contributed by atoms with E-state index >= 15 is 0 Å². The predicted molar refractivity (Wildman–Crippen MR) is 51.8 cm³/mol. The van der Waals surface area contributed by atoms with Crippen LogP contribution in [-0.2, 0) is 0 Å². The van der Waals surface area contributed by atoms with Gasteiger partial charge in [0.1, 0.15) is 5.82 Å². The highest BCUT2D eigenvalue weighted by Gasteiger charge is 2.27. The third-order valence-corrected chi connectivity index (χ3v) is 2.20. The van der Waals surface area contributed by atoms with Gasteiger partial charge in [0.05, 0.1) is 6.10 Å². The van der Waals surface area contributed by atoms with Gasteiger partial charge in [-0.05, 0) is 31.7 Å². The second kappa shape index (κ2) is 4.09. The Morgan fingerprint density at radius 1 is 1.07 bits per heavy atom. The molecular formula is C12H10FO. The van der Waals surface area contributed by atoms with Gasteiger partial charge in [0.25, 0.3) is 0 Å². The van der Waals surface area contributed by atoms with Crippen LogP contribution in [0, 0.1) is 37.4 Å². The maximum Gasteiger partial charge on any atom is 0.129 e. The zero-order chi connectivity index (χ0) is 9.97. The van der Waals surface area contributed by atoms with Crippen LogP contribution < -0.4 is 0 Å². The highest BCUT2D eigenvalue weighted by Crippen LogP contribution is 2.35. The number of halogens is 1. The molecule has 1 aromatic carbocycles. The minimum atomic E-state index is -0.869. The smallest absolute Gasteiger partial charge is 0.129 e. The van der Waals surface area contributed by atoms with Gasteiger partial charge in [-0.1, -0.05) is 18.2 Å². The van der Waals surface area contributed by atoms with Crippen LogP contribution in [0.15, 0.2) is 24.3 Å². The number of aliphatic hydroxyl groups excluding tert-OH is 1. The quantitative estimate of drug-likeness (QED) is 0.756. The Hall–Kier alpha value is -0.890. The van der Waals surface area contributed by atoms with Crippen LogP contribution in [0.1, 0.15) is 11.7 Å². The summed E-state index contributed by atoms with van der Waals surface area (Å²) in [6, 6.07) is 6.26. The summed E-state index contributed by atoms with van der Waals surface area (Å²) in [5, 5.41) is 9.82. The van der Waals surface area contributed by atoms with E-state index in [1.165, 1.54) is 6.07 Å². The maximum atomic E-state index is 13.3. The van der Waals surface area contributed by atoms with E-state index in [9.17, 15) is 9.50 Å². The number of hydrogen-bond donors (Lipinski definition) is 1. The second-order valence-electron chi connectivity index (χ2n) is 3.14. The zero-order valence-corrected chi connectivity index (χ0v) is 7.52. The number of rotatable bonds is 2. The molecule has 1 fully saturated rings.